The second-order valence-electron chi connectivity index (χ2n) is 5.37. The van der Waals surface area contributed by atoms with Gasteiger partial charge < -0.3 is 9.47 Å². The maximum atomic E-state index is 12.6. The Labute approximate surface area is 133 Å². The van der Waals surface area contributed by atoms with Crippen LogP contribution in [0.1, 0.15) is 15.9 Å². The fraction of sp³-hybridized carbons (Fsp3) is 0.118. The van der Waals surface area contributed by atoms with Gasteiger partial charge >= 0.3 is 0 Å². The number of sulfone groups is 1. The van der Waals surface area contributed by atoms with Gasteiger partial charge in [-0.1, -0.05) is 18.2 Å². The molecule has 2 aliphatic heterocycles. The van der Waals surface area contributed by atoms with Crippen molar-refractivity contribution in [1.82, 2.24) is 0 Å². The van der Waals surface area contributed by atoms with Crippen molar-refractivity contribution >= 4 is 21.7 Å². The number of ether oxygens (including phenoxy) is 2. The lowest BCUT2D eigenvalue weighted by atomic mass is 10.0. The minimum Gasteiger partial charge on any atom is -0.454 e. The molecular weight excluding hydrogens is 316 g/mol. The van der Waals surface area contributed by atoms with Crippen molar-refractivity contribution in [3.8, 4) is 11.5 Å². The minimum atomic E-state index is -3.50. The Balaban J connectivity index is 1.80. The number of hydrogen-bond donors (Lipinski definition) is 0. The predicted octanol–water partition coefficient (Wildman–Crippen LogP) is 2.47. The highest BCUT2D eigenvalue weighted by atomic mass is 32.2. The third-order valence-electron chi connectivity index (χ3n) is 3.84. The summed E-state index contributed by atoms with van der Waals surface area (Å²) in [6.45, 7) is 0.163. The van der Waals surface area contributed by atoms with Gasteiger partial charge in [0.25, 0.3) is 0 Å². The van der Waals surface area contributed by atoms with Gasteiger partial charge in [-0.05, 0) is 35.9 Å². The molecule has 0 aromatic heterocycles. The molecule has 0 unspecified atom stereocenters. The first-order valence-corrected chi connectivity index (χ1v) is 8.66. The zero-order valence-corrected chi connectivity index (χ0v) is 12.8. The second kappa shape index (κ2) is 4.96. The highest BCUT2D eigenvalue weighted by molar-refractivity contribution is 7.91. The summed E-state index contributed by atoms with van der Waals surface area (Å²) in [4.78, 5) is 12.7. The van der Waals surface area contributed by atoms with E-state index in [1.807, 2.05) is 0 Å². The van der Waals surface area contributed by atoms with E-state index in [2.05, 4.69) is 0 Å². The van der Waals surface area contributed by atoms with Crippen LogP contribution in [0.15, 0.2) is 52.9 Å². The van der Waals surface area contributed by atoms with Crippen LogP contribution in [0.2, 0.25) is 0 Å². The highest BCUT2D eigenvalue weighted by Gasteiger charge is 2.32. The Morgan fingerprint density at radius 3 is 2.65 bits per heavy atom. The molecule has 0 amide bonds. The predicted molar refractivity (Wildman–Crippen MR) is 83.4 cm³/mol. The fourth-order valence-corrected chi connectivity index (χ4v) is 4.32. The number of fused-ring (bicyclic) bond motifs is 2. The Kier molecular flexibility index (Phi) is 3.02. The van der Waals surface area contributed by atoms with Crippen LogP contribution in [-0.4, -0.2) is 26.7 Å². The van der Waals surface area contributed by atoms with Gasteiger partial charge in [-0.15, -0.1) is 0 Å². The van der Waals surface area contributed by atoms with E-state index >= 15 is 0 Å². The first kappa shape index (κ1) is 14.0. The summed E-state index contributed by atoms with van der Waals surface area (Å²) < 4.78 is 35.3. The topological polar surface area (TPSA) is 69.7 Å². The zero-order valence-electron chi connectivity index (χ0n) is 12.0. The largest absolute Gasteiger partial charge is 0.454 e. The van der Waals surface area contributed by atoms with E-state index < -0.39 is 9.84 Å². The second-order valence-corrected chi connectivity index (χ2v) is 7.32. The number of rotatable bonds is 1. The first-order chi connectivity index (χ1) is 11.0. The van der Waals surface area contributed by atoms with Crippen LogP contribution < -0.4 is 9.47 Å². The van der Waals surface area contributed by atoms with Gasteiger partial charge in [-0.2, -0.15) is 0 Å². The van der Waals surface area contributed by atoms with Crippen LogP contribution in [0.25, 0.3) is 6.08 Å². The van der Waals surface area contributed by atoms with Crippen LogP contribution in [-0.2, 0) is 9.84 Å². The third-order valence-corrected chi connectivity index (χ3v) is 5.56. The number of hydrogen-bond acceptors (Lipinski definition) is 5. The lowest BCUT2D eigenvalue weighted by molar-refractivity contribution is 0.103. The molecule has 4 rings (SSSR count). The molecule has 23 heavy (non-hydrogen) atoms. The van der Waals surface area contributed by atoms with Crippen molar-refractivity contribution < 1.29 is 22.7 Å². The van der Waals surface area contributed by atoms with Crippen molar-refractivity contribution in [2.75, 3.05) is 12.5 Å². The summed E-state index contributed by atoms with van der Waals surface area (Å²) in [7, 11) is -3.50. The molecule has 0 saturated carbocycles. The van der Waals surface area contributed by atoms with Crippen LogP contribution >= 0.6 is 0 Å². The van der Waals surface area contributed by atoms with Crippen LogP contribution in [0.4, 0.5) is 0 Å². The maximum absolute atomic E-state index is 12.6. The van der Waals surface area contributed by atoms with Gasteiger partial charge in [0.05, 0.1) is 10.6 Å². The highest BCUT2D eigenvalue weighted by Crippen LogP contribution is 2.34. The molecule has 0 saturated heterocycles. The summed E-state index contributed by atoms with van der Waals surface area (Å²) in [5.41, 5.74) is 1.18. The summed E-state index contributed by atoms with van der Waals surface area (Å²) in [6.07, 6.45) is 1.60. The van der Waals surface area contributed by atoms with E-state index in [0.717, 1.165) is 0 Å². The Bertz CT molecular complexity index is 957. The Morgan fingerprint density at radius 1 is 1.00 bits per heavy atom. The van der Waals surface area contributed by atoms with Gasteiger partial charge in [0, 0.05) is 11.1 Å². The molecule has 2 aromatic rings. The molecule has 6 heteroatoms. The van der Waals surface area contributed by atoms with Crippen molar-refractivity contribution in [2.45, 2.75) is 4.90 Å². The van der Waals surface area contributed by atoms with Crippen LogP contribution in [0.3, 0.4) is 0 Å². The summed E-state index contributed by atoms with van der Waals surface area (Å²) in [5, 5.41) is 0. The van der Waals surface area contributed by atoms with E-state index in [4.69, 9.17) is 9.47 Å². The minimum absolute atomic E-state index is 0.104. The van der Waals surface area contributed by atoms with Crippen molar-refractivity contribution in [3.05, 3.63) is 59.2 Å². The Hall–Kier alpha value is -2.60. The normalized spacial score (nSPS) is 19.7. The average Bonchev–Trinajstić information content (AvgIpc) is 3.00. The number of benzene rings is 2. The maximum Gasteiger partial charge on any atom is 0.231 e. The molecule has 2 aromatic carbocycles. The Morgan fingerprint density at radius 2 is 1.78 bits per heavy atom. The fourth-order valence-electron chi connectivity index (χ4n) is 2.76. The van der Waals surface area contributed by atoms with Gasteiger partial charge in [0.1, 0.15) is 0 Å². The monoisotopic (exact) mass is 328 g/mol. The number of ketones is 1. The molecule has 0 bridgehead atoms. The zero-order chi connectivity index (χ0) is 16.0. The van der Waals surface area contributed by atoms with Gasteiger partial charge in [-0.3, -0.25) is 4.79 Å². The molecule has 0 spiro atoms. The summed E-state index contributed by atoms with van der Waals surface area (Å²) >= 11 is 0. The molecule has 116 valence electrons. The van der Waals surface area contributed by atoms with Gasteiger partial charge in [0.2, 0.25) is 6.79 Å². The SMILES string of the molecule is O=C1/C(=C/c2ccc3c(c2)OCO3)CS(=O)(=O)c2ccccc21. The van der Waals surface area contributed by atoms with Crippen molar-refractivity contribution in [3.63, 3.8) is 0 Å². The molecule has 0 atom stereocenters. The first-order valence-electron chi connectivity index (χ1n) is 7.01. The third kappa shape index (κ3) is 2.31. The lowest BCUT2D eigenvalue weighted by Crippen LogP contribution is -2.24. The molecule has 5 nitrogen and oxygen atoms in total. The van der Waals surface area contributed by atoms with E-state index in [1.165, 1.54) is 6.07 Å². The quantitative estimate of drug-likeness (QED) is 0.752. The summed E-state index contributed by atoms with van der Waals surface area (Å²) in [5.74, 6) is 0.677. The van der Waals surface area contributed by atoms with Crippen molar-refractivity contribution in [2.24, 2.45) is 0 Å². The number of carbonyl (C=O) groups is 1. The molecular formula is C17H12O5S. The van der Waals surface area contributed by atoms with Crippen LogP contribution in [0, 0.1) is 0 Å². The van der Waals surface area contributed by atoms with E-state index in [9.17, 15) is 13.2 Å². The molecule has 0 fully saturated rings. The molecule has 0 N–H and O–H groups in total. The van der Waals surface area contributed by atoms with Crippen LogP contribution in [0.5, 0.6) is 11.5 Å². The average molecular weight is 328 g/mol. The smallest absolute Gasteiger partial charge is 0.231 e. The van der Waals surface area contributed by atoms with E-state index in [1.54, 1.807) is 42.5 Å². The lowest BCUT2D eigenvalue weighted by Gasteiger charge is -2.17. The number of Topliss-reactive ketones (excluding diaryl/α,β-unsaturated/α-hetero) is 1. The number of carbonyl (C=O) groups excluding carboxylic acids is 1. The van der Waals surface area contributed by atoms with Gasteiger partial charge in [-0.25, -0.2) is 8.42 Å². The van der Waals surface area contributed by atoms with E-state index in [0.29, 0.717) is 17.1 Å². The molecule has 2 heterocycles. The summed E-state index contributed by atoms with van der Waals surface area (Å²) in [6, 6.07) is 11.5. The molecule has 0 aliphatic carbocycles. The molecule has 0 radical (unpaired) electrons. The molecule has 2 aliphatic rings. The standard InChI is InChI=1S/C17H12O5S/c18-17-12(7-11-5-6-14-15(8-11)22-10-21-14)9-23(19,20)16-4-2-1-3-13(16)17/h1-8H,9-10H2/b12-7+. The van der Waals surface area contributed by atoms with E-state index in [-0.39, 0.29) is 34.4 Å². The van der Waals surface area contributed by atoms with Crippen molar-refractivity contribution in [1.29, 1.82) is 0 Å². The van der Waals surface area contributed by atoms with Gasteiger partial charge in [0.15, 0.2) is 27.1 Å².